The van der Waals surface area contributed by atoms with Gasteiger partial charge in [-0.2, -0.15) is 5.26 Å². The van der Waals surface area contributed by atoms with Gasteiger partial charge >= 0.3 is 0 Å². The predicted molar refractivity (Wildman–Crippen MR) is 54.5 cm³/mol. The van der Waals surface area contributed by atoms with Crippen molar-refractivity contribution in [3.63, 3.8) is 0 Å². The molecule has 0 radical (unpaired) electrons. The molecule has 0 aromatic carbocycles. The summed E-state index contributed by atoms with van der Waals surface area (Å²) in [7, 11) is 0. The van der Waals surface area contributed by atoms with Crippen LogP contribution in [-0.2, 0) is 0 Å². The molecule has 0 aromatic rings. The Morgan fingerprint density at radius 3 is 3.08 bits per heavy atom. The molecule has 1 N–H and O–H groups in total. The third kappa shape index (κ3) is 2.80. The molecule has 3 nitrogen and oxygen atoms in total. The first-order valence-corrected chi connectivity index (χ1v) is 4.58. The lowest BCUT2D eigenvalue weighted by molar-refractivity contribution is 0.433. The van der Waals surface area contributed by atoms with Gasteiger partial charge in [-0.15, -0.1) is 0 Å². The van der Waals surface area contributed by atoms with Crippen molar-refractivity contribution >= 4 is 16.8 Å². The number of allylic oxidation sites excluding steroid dienone is 3. The fourth-order valence-corrected chi connectivity index (χ4v) is 1.42. The number of rotatable bonds is 2. The van der Waals surface area contributed by atoms with E-state index in [1.54, 1.807) is 6.08 Å². The number of aliphatic hydroxyl groups is 1. The fourth-order valence-electron chi connectivity index (χ4n) is 0.730. The summed E-state index contributed by atoms with van der Waals surface area (Å²) in [5.41, 5.74) is 0.787. The first kappa shape index (κ1) is 9.62. The summed E-state index contributed by atoms with van der Waals surface area (Å²) in [5, 5.41) is 18.0. The molecule has 1 aliphatic rings. The highest BCUT2D eigenvalue weighted by Gasteiger charge is 2.09. The average molecular weight is 192 g/mol. The van der Waals surface area contributed by atoms with Gasteiger partial charge in [0.1, 0.15) is 11.8 Å². The molecule has 0 saturated heterocycles. The summed E-state index contributed by atoms with van der Waals surface area (Å²) < 4.78 is 0. The van der Waals surface area contributed by atoms with E-state index < -0.39 is 0 Å². The molecule has 0 spiro atoms. The van der Waals surface area contributed by atoms with Crippen LogP contribution in [0.2, 0.25) is 0 Å². The minimum atomic E-state index is 0.0955. The predicted octanol–water partition coefficient (Wildman–Crippen LogP) is 2.17. The minimum Gasteiger partial charge on any atom is -0.508 e. The van der Waals surface area contributed by atoms with E-state index in [0.717, 1.165) is 5.70 Å². The number of hydrogen-bond donors (Lipinski definition) is 1. The Labute approximate surface area is 80.8 Å². The highest BCUT2D eigenvalue weighted by Crippen LogP contribution is 2.20. The van der Waals surface area contributed by atoms with E-state index in [1.807, 2.05) is 6.07 Å². The van der Waals surface area contributed by atoms with Gasteiger partial charge in [0.2, 0.25) is 0 Å². The highest BCUT2D eigenvalue weighted by atomic mass is 32.2. The monoisotopic (exact) mass is 192 g/mol. The summed E-state index contributed by atoms with van der Waals surface area (Å²) in [4.78, 5) is 4.00. The first-order valence-electron chi connectivity index (χ1n) is 3.60. The van der Waals surface area contributed by atoms with Gasteiger partial charge in [0.05, 0.1) is 5.70 Å². The van der Waals surface area contributed by atoms with Crippen LogP contribution in [0.1, 0.15) is 0 Å². The van der Waals surface area contributed by atoms with Crippen molar-refractivity contribution in [1.29, 1.82) is 5.26 Å². The maximum absolute atomic E-state index is 9.02. The van der Waals surface area contributed by atoms with E-state index in [0.29, 0.717) is 10.8 Å². The molecule has 0 fully saturated rings. The molecule has 0 bridgehead atoms. The first-order chi connectivity index (χ1) is 6.26. The Kier molecular flexibility index (Phi) is 3.35. The van der Waals surface area contributed by atoms with Gasteiger partial charge in [-0.05, 0) is 18.2 Å². The van der Waals surface area contributed by atoms with Crippen LogP contribution in [0.15, 0.2) is 41.3 Å². The van der Waals surface area contributed by atoms with E-state index in [2.05, 4.69) is 11.6 Å². The summed E-state index contributed by atoms with van der Waals surface area (Å²) in [6, 6.07) is 1.96. The summed E-state index contributed by atoms with van der Waals surface area (Å²) in [6.07, 6.45) is 4.52. The van der Waals surface area contributed by atoms with Crippen LogP contribution in [0.25, 0.3) is 0 Å². The topological polar surface area (TPSA) is 56.4 Å². The lowest BCUT2D eigenvalue weighted by Gasteiger charge is -1.87. The zero-order chi connectivity index (χ0) is 9.68. The summed E-state index contributed by atoms with van der Waals surface area (Å²) in [6.45, 7) is 3.40. The third-order valence-corrected chi connectivity index (χ3v) is 2.25. The van der Waals surface area contributed by atoms with Crippen LogP contribution in [0.4, 0.5) is 0 Å². The smallest absolute Gasteiger partial charge is 0.174 e. The standard InChI is InChI=1S/C9H8N2OS/c1-2-8(12)4-3-7-6-13-9(5-10)11-7/h2-4,12H,1,6H2/b7-3+,8-4+. The van der Waals surface area contributed by atoms with E-state index >= 15 is 0 Å². The zero-order valence-corrected chi connectivity index (χ0v) is 7.71. The van der Waals surface area contributed by atoms with Crippen molar-refractivity contribution in [3.8, 4) is 6.07 Å². The normalized spacial score (nSPS) is 19.8. The number of nitriles is 1. The van der Waals surface area contributed by atoms with E-state index in [-0.39, 0.29) is 5.76 Å². The lowest BCUT2D eigenvalue weighted by atomic mass is 10.3. The quantitative estimate of drug-likeness (QED) is 0.538. The average Bonchev–Trinajstić information content (AvgIpc) is 2.61. The van der Waals surface area contributed by atoms with Crippen LogP contribution in [0, 0.1) is 11.3 Å². The van der Waals surface area contributed by atoms with E-state index in [4.69, 9.17) is 10.4 Å². The molecule has 0 aliphatic carbocycles. The van der Waals surface area contributed by atoms with E-state index in [9.17, 15) is 0 Å². The number of hydrogen-bond acceptors (Lipinski definition) is 4. The van der Waals surface area contributed by atoms with Crippen molar-refractivity contribution in [1.82, 2.24) is 0 Å². The molecule has 66 valence electrons. The maximum Gasteiger partial charge on any atom is 0.174 e. The van der Waals surface area contributed by atoms with Crippen LogP contribution in [0.5, 0.6) is 0 Å². The second-order valence-corrected chi connectivity index (χ2v) is 3.24. The molecule has 0 unspecified atom stereocenters. The molecule has 0 aromatic heterocycles. The number of aliphatic hydroxyl groups excluding tert-OH is 1. The van der Waals surface area contributed by atoms with Gasteiger partial charge in [-0.1, -0.05) is 18.3 Å². The van der Waals surface area contributed by atoms with Crippen molar-refractivity contribution in [2.24, 2.45) is 4.99 Å². The highest BCUT2D eigenvalue weighted by molar-refractivity contribution is 8.15. The van der Waals surface area contributed by atoms with Crippen molar-refractivity contribution in [2.75, 3.05) is 5.75 Å². The van der Waals surface area contributed by atoms with Crippen LogP contribution in [0.3, 0.4) is 0 Å². The maximum atomic E-state index is 9.02. The largest absolute Gasteiger partial charge is 0.508 e. The van der Waals surface area contributed by atoms with Gasteiger partial charge < -0.3 is 5.11 Å². The molecule has 0 amide bonds. The van der Waals surface area contributed by atoms with Gasteiger partial charge in [-0.25, -0.2) is 4.99 Å². The molecular formula is C9H8N2OS. The second kappa shape index (κ2) is 4.53. The van der Waals surface area contributed by atoms with Gasteiger partial charge in [0.15, 0.2) is 5.04 Å². The molecule has 0 atom stereocenters. The zero-order valence-electron chi connectivity index (χ0n) is 6.90. The SMILES string of the molecule is C=C/C(O)=C\C=C1/CSC(C#N)=N1. The van der Waals surface area contributed by atoms with Crippen molar-refractivity contribution in [3.05, 3.63) is 36.3 Å². The Hall–Kier alpha value is -1.47. The molecular weight excluding hydrogens is 184 g/mol. The molecule has 1 heterocycles. The van der Waals surface area contributed by atoms with Crippen molar-refractivity contribution < 1.29 is 5.11 Å². The van der Waals surface area contributed by atoms with Crippen LogP contribution >= 0.6 is 11.8 Å². The summed E-state index contributed by atoms with van der Waals surface area (Å²) in [5.74, 6) is 0.780. The Morgan fingerprint density at radius 1 is 1.77 bits per heavy atom. The minimum absolute atomic E-state index is 0.0955. The molecule has 1 rings (SSSR count). The van der Waals surface area contributed by atoms with Gasteiger partial charge in [0, 0.05) is 5.75 Å². The second-order valence-electron chi connectivity index (χ2n) is 2.27. The third-order valence-electron chi connectivity index (χ3n) is 1.35. The van der Waals surface area contributed by atoms with Crippen molar-refractivity contribution in [2.45, 2.75) is 0 Å². The number of thioether (sulfide) groups is 1. The summed E-state index contributed by atoms with van der Waals surface area (Å²) >= 11 is 1.39. The molecule has 0 saturated carbocycles. The van der Waals surface area contributed by atoms with E-state index in [1.165, 1.54) is 23.9 Å². The Balaban J connectivity index is 2.72. The fraction of sp³-hybridized carbons (Fsp3) is 0.111. The Bertz CT molecular complexity index is 347. The molecule has 4 heteroatoms. The Morgan fingerprint density at radius 2 is 2.54 bits per heavy atom. The molecule has 13 heavy (non-hydrogen) atoms. The number of aliphatic imine (C=N–C) groups is 1. The van der Waals surface area contributed by atoms with Gasteiger partial charge in [-0.3, -0.25) is 0 Å². The lowest BCUT2D eigenvalue weighted by Crippen LogP contribution is -1.75. The van der Waals surface area contributed by atoms with Crippen LogP contribution in [-0.4, -0.2) is 15.9 Å². The van der Waals surface area contributed by atoms with Gasteiger partial charge in [0.25, 0.3) is 0 Å². The van der Waals surface area contributed by atoms with Crippen LogP contribution < -0.4 is 0 Å². The molecule has 1 aliphatic heterocycles. The number of nitrogens with zero attached hydrogens (tertiary/aromatic N) is 2.